The fraction of sp³-hybridized carbons (Fsp3) is 0.333. The zero-order valence-corrected chi connectivity index (χ0v) is 7.80. The second-order valence-corrected chi connectivity index (χ2v) is 3.32. The van der Waals surface area contributed by atoms with Crippen molar-refractivity contribution in [3.05, 3.63) is 24.3 Å². The minimum Gasteiger partial charge on any atom is -0.508 e. The molecule has 0 spiro atoms. The maximum Gasteiger partial charge on any atom is 0.119 e. The molecule has 0 amide bonds. The van der Waals surface area contributed by atoms with Crippen LogP contribution in [0.3, 0.4) is 0 Å². The van der Waals surface area contributed by atoms with Gasteiger partial charge in [0.05, 0.1) is 6.61 Å². The molecule has 1 rings (SSSR count). The first-order chi connectivity index (χ1) is 5.83. The van der Waals surface area contributed by atoms with Crippen LogP contribution in [0.1, 0.15) is 0 Å². The van der Waals surface area contributed by atoms with E-state index in [0.717, 1.165) is 11.5 Å². The topological polar surface area (TPSA) is 29.5 Å². The quantitative estimate of drug-likeness (QED) is 0.727. The first-order valence-electron chi connectivity index (χ1n) is 3.73. The van der Waals surface area contributed by atoms with E-state index in [-0.39, 0.29) is 5.75 Å². The van der Waals surface area contributed by atoms with Gasteiger partial charge in [-0.1, -0.05) is 0 Å². The van der Waals surface area contributed by atoms with Crippen molar-refractivity contribution in [3.63, 3.8) is 0 Å². The standard InChI is InChI=1S/C9H12O2S/c1-12-7-6-11-9-4-2-8(10)3-5-9/h2-5,10H,6-7H2,1H3. The van der Waals surface area contributed by atoms with Crippen LogP contribution in [0.2, 0.25) is 0 Å². The van der Waals surface area contributed by atoms with Crippen molar-refractivity contribution in [2.75, 3.05) is 18.6 Å². The highest BCUT2D eigenvalue weighted by Crippen LogP contribution is 2.15. The van der Waals surface area contributed by atoms with Gasteiger partial charge in [0, 0.05) is 5.75 Å². The molecule has 0 aliphatic heterocycles. The average molecular weight is 184 g/mol. The summed E-state index contributed by atoms with van der Waals surface area (Å²) >= 11 is 1.75. The molecule has 12 heavy (non-hydrogen) atoms. The van der Waals surface area contributed by atoms with Crippen LogP contribution in [-0.4, -0.2) is 23.7 Å². The Hall–Kier alpha value is -0.830. The van der Waals surface area contributed by atoms with Crippen LogP contribution >= 0.6 is 11.8 Å². The lowest BCUT2D eigenvalue weighted by atomic mass is 10.3. The van der Waals surface area contributed by atoms with Gasteiger partial charge in [-0.15, -0.1) is 0 Å². The van der Waals surface area contributed by atoms with E-state index in [1.165, 1.54) is 0 Å². The van der Waals surface area contributed by atoms with Gasteiger partial charge in [-0.05, 0) is 30.5 Å². The molecule has 0 aliphatic rings. The summed E-state index contributed by atoms with van der Waals surface area (Å²) in [5, 5.41) is 8.97. The van der Waals surface area contributed by atoms with Gasteiger partial charge in [0.2, 0.25) is 0 Å². The number of benzene rings is 1. The summed E-state index contributed by atoms with van der Waals surface area (Å²) in [4.78, 5) is 0. The molecule has 0 saturated carbocycles. The number of rotatable bonds is 4. The predicted molar refractivity (Wildman–Crippen MR) is 52.0 cm³/mol. The van der Waals surface area contributed by atoms with Gasteiger partial charge in [0.25, 0.3) is 0 Å². The number of phenols is 1. The maximum absolute atomic E-state index is 8.97. The average Bonchev–Trinajstić information content (AvgIpc) is 2.09. The van der Waals surface area contributed by atoms with Crippen LogP contribution in [0.5, 0.6) is 11.5 Å². The van der Waals surface area contributed by atoms with Crippen LogP contribution in [0.15, 0.2) is 24.3 Å². The SMILES string of the molecule is CSCCOc1ccc(O)cc1. The first kappa shape index (κ1) is 9.26. The molecule has 0 aromatic heterocycles. The van der Waals surface area contributed by atoms with Gasteiger partial charge in [0.1, 0.15) is 11.5 Å². The Morgan fingerprint density at radius 3 is 2.58 bits per heavy atom. The van der Waals surface area contributed by atoms with E-state index < -0.39 is 0 Å². The third kappa shape index (κ3) is 3.05. The minimum atomic E-state index is 0.271. The highest BCUT2D eigenvalue weighted by Gasteiger charge is 1.92. The van der Waals surface area contributed by atoms with Crippen LogP contribution in [0, 0.1) is 0 Å². The maximum atomic E-state index is 8.97. The highest BCUT2D eigenvalue weighted by molar-refractivity contribution is 7.98. The molecule has 1 aromatic carbocycles. The molecule has 0 aliphatic carbocycles. The lowest BCUT2D eigenvalue weighted by Crippen LogP contribution is -1.98. The summed E-state index contributed by atoms with van der Waals surface area (Å²) in [6.45, 7) is 0.714. The van der Waals surface area contributed by atoms with Gasteiger partial charge in [-0.2, -0.15) is 11.8 Å². The van der Waals surface area contributed by atoms with Crippen molar-refractivity contribution >= 4 is 11.8 Å². The normalized spacial score (nSPS) is 9.75. The second kappa shape index (κ2) is 4.93. The van der Waals surface area contributed by atoms with E-state index in [1.807, 2.05) is 6.26 Å². The molecule has 1 aromatic rings. The zero-order valence-electron chi connectivity index (χ0n) is 6.99. The Kier molecular flexibility index (Phi) is 3.80. The van der Waals surface area contributed by atoms with Crippen LogP contribution in [0.4, 0.5) is 0 Å². The Morgan fingerprint density at radius 1 is 1.33 bits per heavy atom. The van der Waals surface area contributed by atoms with Crippen molar-refractivity contribution in [1.82, 2.24) is 0 Å². The third-order valence-electron chi connectivity index (χ3n) is 1.39. The summed E-state index contributed by atoms with van der Waals surface area (Å²) in [7, 11) is 0. The first-order valence-corrected chi connectivity index (χ1v) is 5.13. The van der Waals surface area contributed by atoms with E-state index in [4.69, 9.17) is 9.84 Å². The van der Waals surface area contributed by atoms with Gasteiger partial charge in [-0.25, -0.2) is 0 Å². The molecule has 0 unspecified atom stereocenters. The van der Waals surface area contributed by atoms with Crippen molar-refractivity contribution in [2.45, 2.75) is 0 Å². The number of thioether (sulfide) groups is 1. The van der Waals surface area contributed by atoms with Crippen LogP contribution < -0.4 is 4.74 Å². The monoisotopic (exact) mass is 184 g/mol. The van der Waals surface area contributed by atoms with Gasteiger partial charge < -0.3 is 9.84 Å². The number of ether oxygens (including phenoxy) is 1. The zero-order chi connectivity index (χ0) is 8.81. The Labute approximate surface area is 76.6 Å². The van der Waals surface area contributed by atoms with Crippen molar-refractivity contribution < 1.29 is 9.84 Å². The molecular formula is C9H12O2S. The molecule has 3 heteroatoms. The van der Waals surface area contributed by atoms with Crippen LogP contribution in [0.25, 0.3) is 0 Å². The van der Waals surface area contributed by atoms with Crippen molar-refractivity contribution in [1.29, 1.82) is 0 Å². The molecule has 0 atom stereocenters. The molecular weight excluding hydrogens is 172 g/mol. The van der Waals surface area contributed by atoms with Crippen LogP contribution in [-0.2, 0) is 0 Å². The van der Waals surface area contributed by atoms with Gasteiger partial charge >= 0.3 is 0 Å². The lowest BCUT2D eigenvalue weighted by Gasteiger charge is -2.03. The van der Waals surface area contributed by atoms with E-state index in [2.05, 4.69) is 0 Å². The fourth-order valence-corrected chi connectivity index (χ4v) is 1.04. The number of hydrogen-bond donors (Lipinski definition) is 1. The summed E-state index contributed by atoms with van der Waals surface area (Å²) in [6.07, 6.45) is 2.04. The summed E-state index contributed by atoms with van der Waals surface area (Å²) < 4.78 is 5.37. The van der Waals surface area contributed by atoms with Crippen molar-refractivity contribution in [2.24, 2.45) is 0 Å². The highest BCUT2D eigenvalue weighted by atomic mass is 32.2. The smallest absolute Gasteiger partial charge is 0.119 e. The third-order valence-corrected chi connectivity index (χ3v) is 1.97. The summed E-state index contributed by atoms with van der Waals surface area (Å²) in [5.74, 6) is 2.06. The van der Waals surface area contributed by atoms with Gasteiger partial charge in [0.15, 0.2) is 0 Å². The molecule has 0 radical (unpaired) electrons. The van der Waals surface area contributed by atoms with E-state index in [9.17, 15) is 0 Å². The second-order valence-electron chi connectivity index (χ2n) is 2.34. The molecule has 0 heterocycles. The van der Waals surface area contributed by atoms with E-state index >= 15 is 0 Å². The van der Waals surface area contributed by atoms with Gasteiger partial charge in [-0.3, -0.25) is 0 Å². The lowest BCUT2D eigenvalue weighted by molar-refractivity contribution is 0.343. The minimum absolute atomic E-state index is 0.271. The largest absolute Gasteiger partial charge is 0.508 e. The Morgan fingerprint density at radius 2 is 2.00 bits per heavy atom. The number of hydrogen-bond acceptors (Lipinski definition) is 3. The summed E-state index contributed by atoms with van der Waals surface area (Å²) in [5.41, 5.74) is 0. The molecule has 0 saturated heterocycles. The molecule has 66 valence electrons. The predicted octanol–water partition coefficient (Wildman–Crippen LogP) is 2.13. The number of aromatic hydroxyl groups is 1. The van der Waals surface area contributed by atoms with E-state index in [1.54, 1.807) is 36.0 Å². The van der Waals surface area contributed by atoms with Crippen molar-refractivity contribution in [3.8, 4) is 11.5 Å². The Bertz CT molecular complexity index is 220. The fourth-order valence-electron chi connectivity index (χ4n) is 0.785. The molecule has 1 N–H and O–H groups in total. The van der Waals surface area contributed by atoms with E-state index in [0.29, 0.717) is 6.61 Å². The summed E-state index contributed by atoms with van der Waals surface area (Å²) in [6, 6.07) is 6.76. The molecule has 0 bridgehead atoms. The molecule has 2 nitrogen and oxygen atoms in total. The molecule has 0 fully saturated rings. The number of phenolic OH excluding ortho intramolecular Hbond substituents is 1. The Balaban J connectivity index is 2.37.